The van der Waals surface area contributed by atoms with Crippen molar-refractivity contribution in [1.82, 2.24) is 20.1 Å². The van der Waals surface area contributed by atoms with Gasteiger partial charge in [-0.3, -0.25) is 14.6 Å². The third kappa shape index (κ3) is 5.44. The number of aromatic hydroxyl groups is 1. The van der Waals surface area contributed by atoms with Gasteiger partial charge in [-0.2, -0.15) is 18.2 Å². The molecule has 4 rings (SSSR count). The normalized spacial score (nSPS) is 16.9. The molecular weight excluding hydrogens is 599 g/mol. The van der Waals surface area contributed by atoms with E-state index >= 15 is 0 Å². The number of nitrogens with zero attached hydrogens (tertiary/aromatic N) is 3. The number of phenolic OH excluding ortho intramolecular Hbond substituents is 1. The van der Waals surface area contributed by atoms with Gasteiger partial charge < -0.3 is 15.2 Å². The molecule has 1 saturated carbocycles. The van der Waals surface area contributed by atoms with E-state index < -0.39 is 50.1 Å². The number of alkyl halides is 2. The Morgan fingerprint density at radius 1 is 1.25 bits per heavy atom. The molecule has 1 heterocycles. The van der Waals surface area contributed by atoms with Crippen LogP contribution in [0.25, 0.3) is 5.69 Å². The molecule has 1 aliphatic carbocycles. The van der Waals surface area contributed by atoms with Crippen molar-refractivity contribution in [3.8, 4) is 22.9 Å². The molecule has 12 nitrogen and oxygen atoms in total. The van der Waals surface area contributed by atoms with Crippen LogP contribution >= 0.6 is 23.2 Å². The van der Waals surface area contributed by atoms with Crippen LogP contribution in [-0.4, -0.2) is 58.0 Å². The van der Waals surface area contributed by atoms with Crippen LogP contribution in [0, 0.1) is 5.92 Å². The molecule has 1 amide bonds. The minimum atomic E-state index is -4.32. The van der Waals surface area contributed by atoms with Gasteiger partial charge in [0.1, 0.15) is 18.2 Å². The highest BCUT2D eigenvalue weighted by Gasteiger charge is 2.46. The van der Waals surface area contributed by atoms with Crippen LogP contribution in [0.5, 0.6) is 17.2 Å². The highest BCUT2D eigenvalue weighted by molar-refractivity contribution is 7.85. The lowest BCUT2D eigenvalue weighted by atomic mass is 9.80. The fourth-order valence-corrected chi connectivity index (χ4v) is 5.91. The average molecular weight is 619 g/mol. The van der Waals surface area contributed by atoms with E-state index in [0.29, 0.717) is 4.68 Å². The van der Waals surface area contributed by atoms with E-state index in [1.165, 1.54) is 13.1 Å². The lowest BCUT2D eigenvalue weighted by molar-refractivity contribution is -0.429. The first-order valence-electron chi connectivity index (χ1n) is 11.3. The molecule has 3 aromatic rings. The molecule has 1 fully saturated rings. The second-order valence-corrected chi connectivity index (χ2v) is 11.3. The number of H-pyrrole nitrogens is 1. The van der Waals surface area contributed by atoms with E-state index in [9.17, 15) is 36.7 Å². The standard InChI is InChI=1S/C23H19Cl2F2N5O7S/c1-28-21(34)10-5-11(6-10)31(2)40(37,38)17-9-13(3-4-16(17)33)39-19-14(24)7-12(8-15(19)25)32-23(36)29-22(35)18(30-32)20(26)27/h3-4,7-11,20H,2,5-6H2,1H3,(H2-,28,29,33,34,35,36)/p+1/t10-,11-. The molecule has 0 unspecified atom stereocenters. The first-order chi connectivity index (χ1) is 18.7. The maximum absolute atomic E-state index is 13.2. The lowest BCUT2D eigenvalue weighted by Crippen LogP contribution is -2.46. The van der Waals surface area contributed by atoms with Crippen molar-refractivity contribution >= 4 is 45.8 Å². The van der Waals surface area contributed by atoms with Crippen molar-refractivity contribution in [2.24, 2.45) is 5.92 Å². The summed E-state index contributed by atoms with van der Waals surface area (Å²) in [6.07, 6.45) is -2.76. The molecule has 0 radical (unpaired) electrons. The maximum atomic E-state index is 13.2. The highest BCUT2D eigenvalue weighted by Crippen LogP contribution is 2.40. The van der Waals surface area contributed by atoms with Crippen LogP contribution in [0.2, 0.25) is 10.0 Å². The summed E-state index contributed by atoms with van der Waals surface area (Å²) in [7, 11) is -2.85. The quantitative estimate of drug-likeness (QED) is 0.256. The number of halogens is 4. The van der Waals surface area contributed by atoms with Gasteiger partial charge in [-0.05, 0) is 24.3 Å². The number of sulfonamides is 1. The van der Waals surface area contributed by atoms with Crippen LogP contribution in [0.3, 0.4) is 0 Å². The summed E-state index contributed by atoms with van der Waals surface area (Å²) >= 11 is 12.5. The number of aromatic amines is 1. The van der Waals surface area contributed by atoms with Gasteiger partial charge in [0.25, 0.3) is 12.0 Å². The molecule has 0 saturated heterocycles. The molecule has 0 aliphatic heterocycles. The summed E-state index contributed by atoms with van der Waals surface area (Å²) in [5.41, 5.74) is -3.86. The van der Waals surface area contributed by atoms with Gasteiger partial charge in [0.2, 0.25) is 5.91 Å². The number of hydrogen-bond donors (Lipinski definition) is 3. The van der Waals surface area contributed by atoms with Gasteiger partial charge in [-0.25, -0.2) is 13.6 Å². The van der Waals surface area contributed by atoms with Crippen LogP contribution in [0.15, 0.2) is 44.8 Å². The molecular formula is C23H20Cl2F2N5O7S+. The first-order valence-corrected chi connectivity index (χ1v) is 13.5. The summed E-state index contributed by atoms with van der Waals surface area (Å²) < 4.78 is 59.5. The van der Waals surface area contributed by atoms with Crippen LogP contribution in [-0.2, 0) is 14.8 Å². The molecule has 212 valence electrons. The third-order valence-electron chi connectivity index (χ3n) is 6.16. The van der Waals surface area contributed by atoms with Crippen molar-refractivity contribution < 1.29 is 35.8 Å². The first kappa shape index (κ1) is 29.2. The summed E-state index contributed by atoms with van der Waals surface area (Å²) in [4.78, 5) is 36.6. The summed E-state index contributed by atoms with van der Waals surface area (Å²) in [6, 6.07) is 4.94. The van der Waals surface area contributed by atoms with Crippen molar-refractivity contribution in [1.29, 1.82) is 0 Å². The number of ether oxygens (including phenoxy) is 1. The number of phenols is 1. The number of benzene rings is 2. The zero-order valence-corrected chi connectivity index (χ0v) is 22.7. The molecule has 17 heteroatoms. The topological polar surface area (TPSA) is 163 Å². The van der Waals surface area contributed by atoms with E-state index in [-0.39, 0.29) is 51.9 Å². The smallest absolute Gasteiger partial charge is 0.398 e. The predicted octanol–water partition coefficient (Wildman–Crippen LogP) is 2.59. The third-order valence-corrected chi connectivity index (χ3v) is 8.52. The van der Waals surface area contributed by atoms with Crippen LogP contribution < -0.4 is 21.3 Å². The minimum absolute atomic E-state index is 0.113. The Balaban J connectivity index is 1.63. The Labute approximate surface area is 234 Å². The SMILES string of the molecule is C=[N+]([C@H]1C[C@H](C(=O)NC)C1)S(=O)(=O)c1cc(Oc2c(Cl)cc(-n3nc(C(F)F)c(=O)[nH]c3=O)cc2Cl)ccc1O. The molecule has 40 heavy (non-hydrogen) atoms. The summed E-state index contributed by atoms with van der Waals surface area (Å²) in [6.45, 7) is 3.60. The molecule has 1 aliphatic rings. The second-order valence-electron chi connectivity index (χ2n) is 8.66. The molecule has 0 atom stereocenters. The molecule has 3 N–H and O–H groups in total. The zero-order chi connectivity index (χ0) is 29.5. The Morgan fingerprint density at radius 2 is 1.88 bits per heavy atom. The van der Waals surface area contributed by atoms with Crippen molar-refractivity contribution in [3.63, 3.8) is 0 Å². The van der Waals surface area contributed by atoms with E-state index in [1.54, 1.807) is 4.98 Å². The van der Waals surface area contributed by atoms with Crippen LogP contribution in [0.1, 0.15) is 25.0 Å². The largest absolute Gasteiger partial charge is 0.506 e. The number of hydrogen-bond acceptors (Lipinski definition) is 8. The summed E-state index contributed by atoms with van der Waals surface area (Å²) in [5.74, 6) is -1.47. The Hall–Kier alpha value is -3.82. The van der Waals surface area contributed by atoms with Crippen molar-refractivity contribution in [3.05, 3.63) is 66.9 Å². The highest BCUT2D eigenvalue weighted by atomic mass is 35.5. The summed E-state index contributed by atoms with van der Waals surface area (Å²) in [5, 5.41) is 15.7. The van der Waals surface area contributed by atoms with E-state index in [4.69, 9.17) is 27.9 Å². The monoisotopic (exact) mass is 618 g/mol. The number of aromatic nitrogens is 3. The van der Waals surface area contributed by atoms with E-state index in [0.717, 1.165) is 28.2 Å². The lowest BCUT2D eigenvalue weighted by Gasteiger charge is -2.29. The van der Waals surface area contributed by atoms with E-state index in [2.05, 4.69) is 17.1 Å². The predicted molar refractivity (Wildman–Crippen MR) is 139 cm³/mol. The maximum Gasteiger partial charge on any atom is 0.398 e. The Bertz CT molecular complexity index is 1730. The molecule has 1 aromatic heterocycles. The molecule has 0 bridgehead atoms. The van der Waals surface area contributed by atoms with Crippen LogP contribution in [0.4, 0.5) is 8.78 Å². The van der Waals surface area contributed by atoms with Gasteiger partial charge in [0.05, 0.1) is 21.7 Å². The Morgan fingerprint density at radius 3 is 2.45 bits per heavy atom. The van der Waals surface area contributed by atoms with Gasteiger partial charge in [0.15, 0.2) is 22.4 Å². The zero-order valence-electron chi connectivity index (χ0n) is 20.4. The van der Waals surface area contributed by atoms with Crippen molar-refractivity contribution in [2.45, 2.75) is 30.2 Å². The number of amides is 1. The fraction of sp³-hybridized carbons (Fsp3) is 0.261. The minimum Gasteiger partial charge on any atom is -0.506 e. The molecule has 2 aromatic carbocycles. The second kappa shape index (κ2) is 11.0. The van der Waals surface area contributed by atoms with E-state index in [1.807, 2.05) is 0 Å². The number of rotatable bonds is 8. The Kier molecular flexibility index (Phi) is 8.01. The van der Waals surface area contributed by atoms with Crippen molar-refractivity contribution in [2.75, 3.05) is 7.05 Å². The number of carbonyl (C=O) groups excluding carboxylic acids is 1. The average Bonchev–Trinajstić information content (AvgIpc) is 2.85. The van der Waals surface area contributed by atoms with Gasteiger partial charge >= 0.3 is 15.7 Å². The number of nitrogens with one attached hydrogen (secondary N) is 2. The van der Waals surface area contributed by atoms with Gasteiger partial charge in [-0.15, -0.1) is 3.98 Å². The van der Waals surface area contributed by atoms with Gasteiger partial charge in [0, 0.05) is 26.0 Å². The van der Waals surface area contributed by atoms with Gasteiger partial charge in [-0.1, -0.05) is 23.2 Å². The fourth-order valence-electron chi connectivity index (χ4n) is 3.94. The molecule has 0 spiro atoms. The number of carbonyl (C=O) groups is 1.